The molecule has 1 aliphatic rings. The Kier molecular flexibility index (Phi) is 5.21. The summed E-state index contributed by atoms with van der Waals surface area (Å²) in [5.41, 5.74) is 0.976. The molecule has 21 heavy (non-hydrogen) atoms. The third kappa shape index (κ3) is 4.49. The summed E-state index contributed by atoms with van der Waals surface area (Å²) in [7, 11) is 0. The maximum absolute atomic E-state index is 11.8. The SMILES string of the molecule is O=C(C[C@@H]1SC[C@H](C(=O)[O-])NC1=O)NCc1ccccc1. The lowest BCUT2D eigenvalue weighted by Gasteiger charge is -2.28. The first-order valence-electron chi connectivity index (χ1n) is 6.49. The number of hydrogen-bond acceptors (Lipinski definition) is 5. The Balaban J connectivity index is 1.78. The predicted octanol–water partition coefficient (Wildman–Crippen LogP) is -0.957. The maximum Gasteiger partial charge on any atom is 0.234 e. The maximum atomic E-state index is 11.8. The van der Waals surface area contributed by atoms with E-state index in [1.807, 2.05) is 30.3 Å². The lowest BCUT2D eigenvalue weighted by Crippen LogP contribution is -2.55. The highest BCUT2D eigenvalue weighted by molar-refractivity contribution is 8.00. The minimum Gasteiger partial charge on any atom is -0.548 e. The number of nitrogens with one attached hydrogen (secondary N) is 2. The van der Waals surface area contributed by atoms with Crippen LogP contribution in [-0.2, 0) is 20.9 Å². The highest BCUT2D eigenvalue weighted by Gasteiger charge is 2.30. The largest absolute Gasteiger partial charge is 0.548 e. The molecule has 1 fully saturated rings. The van der Waals surface area contributed by atoms with E-state index in [2.05, 4.69) is 10.6 Å². The molecule has 0 radical (unpaired) electrons. The summed E-state index contributed by atoms with van der Waals surface area (Å²) in [4.78, 5) is 34.2. The number of hydrogen-bond donors (Lipinski definition) is 2. The van der Waals surface area contributed by atoms with Gasteiger partial charge in [0, 0.05) is 18.7 Å². The van der Waals surface area contributed by atoms with Crippen molar-refractivity contribution in [1.82, 2.24) is 10.6 Å². The molecule has 0 aromatic heterocycles. The Hall–Kier alpha value is -2.02. The summed E-state index contributed by atoms with van der Waals surface area (Å²) < 4.78 is 0. The molecule has 2 N–H and O–H groups in total. The molecule has 0 aliphatic carbocycles. The minimum absolute atomic E-state index is 0.0309. The number of carboxylic acids is 1. The molecule has 2 rings (SSSR count). The van der Waals surface area contributed by atoms with Gasteiger partial charge < -0.3 is 20.5 Å². The second kappa shape index (κ2) is 7.12. The van der Waals surface area contributed by atoms with Crippen molar-refractivity contribution < 1.29 is 19.5 Å². The molecule has 112 valence electrons. The van der Waals surface area contributed by atoms with E-state index in [9.17, 15) is 19.5 Å². The Morgan fingerprint density at radius 3 is 2.67 bits per heavy atom. The third-order valence-electron chi connectivity index (χ3n) is 3.06. The molecule has 1 heterocycles. The van der Waals surface area contributed by atoms with Crippen LogP contribution in [0.1, 0.15) is 12.0 Å². The Labute approximate surface area is 126 Å². The van der Waals surface area contributed by atoms with E-state index in [0.717, 1.165) is 17.3 Å². The fourth-order valence-electron chi connectivity index (χ4n) is 1.91. The molecule has 2 atom stereocenters. The van der Waals surface area contributed by atoms with E-state index in [1.54, 1.807) is 0 Å². The van der Waals surface area contributed by atoms with Gasteiger partial charge in [0.2, 0.25) is 11.8 Å². The number of carboxylic acid groups (broad SMARTS) is 1. The van der Waals surface area contributed by atoms with Crippen LogP contribution >= 0.6 is 11.8 Å². The molecule has 0 unspecified atom stereocenters. The quantitative estimate of drug-likeness (QED) is 0.730. The summed E-state index contributed by atoms with van der Waals surface area (Å²) in [5.74, 6) is -1.76. The van der Waals surface area contributed by atoms with Crippen LogP contribution in [-0.4, -0.2) is 34.8 Å². The van der Waals surface area contributed by atoms with Crippen molar-refractivity contribution in [2.45, 2.75) is 24.3 Å². The van der Waals surface area contributed by atoms with E-state index in [1.165, 1.54) is 0 Å². The van der Waals surface area contributed by atoms with E-state index in [4.69, 9.17) is 0 Å². The van der Waals surface area contributed by atoms with Gasteiger partial charge in [0.15, 0.2) is 0 Å². The number of carbonyl (C=O) groups is 3. The number of aliphatic carboxylic acids is 1. The van der Waals surface area contributed by atoms with Gasteiger partial charge in [0.1, 0.15) is 0 Å². The molecule has 2 amide bonds. The zero-order valence-electron chi connectivity index (χ0n) is 11.2. The van der Waals surface area contributed by atoms with Crippen LogP contribution in [0.5, 0.6) is 0 Å². The summed E-state index contributed by atoms with van der Waals surface area (Å²) in [6.07, 6.45) is 0.0309. The molecule has 0 saturated carbocycles. The number of rotatable bonds is 5. The normalized spacial score (nSPS) is 21.4. The van der Waals surface area contributed by atoms with Crippen molar-refractivity contribution in [3.05, 3.63) is 35.9 Å². The van der Waals surface area contributed by atoms with E-state index in [-0.39, 0.29) is 18.1 Å². The van der Waals surface area contributed by atoms with Gasteiger partial charge in [0.05, 0.1) is 17.3 Å². The van der Waals surface area contributed by atoms with E-state index >= 15 is 0 Å². The smallest absolute Gasteiger partial charge is 0.234 e. The third-order valence-corrected chi connectivity index (χ3v) is 4.37. The van der Waals surface area contributed by atoms with Crippen molar-refractivity contribution >= 4 is 29.5 Å². The molecular weight excluding hydrogens is 292 g/mol. The minimum atomic E-state index is -1.30. The Bertz CT molecular complexity index is 535. The Morgan fingerprint density at radius 2 is 2.05 bits per heavy atom. The number of thioether (sulfide) groups is 1. The van der Waals surface area contributed by atoms with Crippen LogP contribution < -0.4 is 15.7 Å². The Morgan fingerprint density at radius 1 is 1.33 bits per heavy atom. The van der Waals surface area contributed by atoms with Gasteiger partial charge in [-0.05, 0) is 5.56 Å². The second-order valence-electron chi connectivity index (χ2n) is 4.67. The van der Waals surface area contributed by atoms with Crippen molar-refractivity contribution in [2.24, 2.45) is 0 Å². The molecule has 0 bridgehead atoms. The molecule has 1 aromatic carbocycles. The molecule has 1 aromatic rings. The lowest BCUT2D eigenvalue weighted by atomic mass is 10.2. The zero-order valence-corrected chi connectivity index (χ0v) is 12.0. The van der Waals surface area contributed by atoms with Crippen LogP contribution in [0.15, 0.2) is 30.3 Å². The average Bonchev–Trinajstić information content (AvgIpc) is 2.48. The van der Waals surface area contributed by atoms with E-state index < -0.39 is 23.2 Å². The molecule has 0 spiro atoms. The van der Waals surface area contributed by atoms with Gasteiger partial charge in [-0.15, -0.1) is 11.8 Å². The molecule has 7 heteroatoms. The van der Waals surface area contributed by atoms with Gasteiger partial charge in [-0.3, -0.25) is 9.59 Å². The zero-order chi connectivity index (χ0) is 15.2. The van der Waals surface area contributed by atoms with Gasteiger partial charge >= 0.3 is 0 Å². The summed E-state index contributed by atoms with van der Waals surface area (Å²) >= 11 is 1.16. The fourth-order valence-corrected chi connectivity index (χ4v) is 3.04. The topological polar surface area (TPSA) is 98.3 Å². The van der Waals surface area contributed by atoms with Crippen molar-refractivity contribution in [2.75, 3.05) is 5.75 Å². The van der Waals surface area contributed by atoms with Crippen molar-refractivity contribution in [3.8, 4) is 0 Å². The van der Waals surface area contributed by atoms with Gasteiger partial charge in [-0.1, -0.05) is 30.3 Å². The molecule has 6 nitrogen and oxygen atoms in total. The van der Waals surface area contributed by atoms with Crippen LogP contribution in [0.2, 0.25) is 0 Å². The van der Waals surface area contributed by atoms with Crippen LogP contribution in [0.3, 0.4) is 0 Å². The van der Waals surface area contributed by atoms with Crippen LogP contribution in [0, 0.1) is 0 Å². The molecular formula is C14H15N2O4S-. The molecule has 1 saturated heterocycles. The predicted molar refractivity (Wildman–Crippen MR) is 76.1 cm³/mol. The van der Waals surface area contributed by atoms with E-state index in [0.29, 0.717) is 6.54 Å². The lowest BCUT2D eigenvalue weighted by molar-refractivity contribution is -0.307. The number of amides is 2. The monoisotopic (exact) mass is 307 g/mol. The number of benzene rings is 1. The summed E-state index contributed by atoms with van der Waals surface area (Å²) in [6.45, 7) is 0.403. The highest BCUT2D eigenvalue weighted by Crippen LogP contribution is 2.20. The van der Waals surface area contributed by atoms with Crippen molar-refractivity contribution in [3.63, 3.8) is 0 Å². The highest BCUT2D eigenvalue weighted by atomic mass is 32.2. The fraction of sp³-hybridized carbons (Fsp3) is 0.357. The number of carbonyl (C=O) groups excluding carboxylic acids is 3. The molecule has 1 aliphatic heterocycles. The van der Waals surface area contributed by atoms with Crippen molar-refractivity contribution in [1.29, 1.82) is 0 Å². The van der Waals surface area contributed by atoms with Crippen LogP contribution in [0.25, 0.3) is 0 Å². The van der Waals surface area contributed by atoms with Gasteiger partial charge in [-0.25, -0.2) is 0 Å². The summed E-state index contributed by atoms with van der Waals surface area (Å²) in [5, 5.41) is 15.2. The van der Waals surface area contributed by atoms with Gasteiger partial charge in [-0.2, -0.15) is 0 Å². The summed E-state index contributed by atoms with van der Waals surface area (Å²) in [6, 6.07) is 8.46. The first-order chi connectivity index (χ1) is 10.1. The first kappa shape index (κ1) is 15.4. The average molecular weight is 307 g/mol. The first-order valence-corrected chi connectivity index (χ1v) is 7.54. The van der Waals surface area contributed by atoms with Gasteiger partial charge in [0.25, 0.3) is 0 Å². The van der Waals surface area contributed by atoms with Crippen LogP contribution in [0.4, 0.5) is 0 Å². The standard InChI is InChI=1S/C14H16N2O4S/c17-12(15-7-9-4-2-1-3-5-9)6-11-13(18)16-10(8-21-11)14(19)20/h1-5,10-11H,6-8H2,(H,15,17)(H,16,18)(H,19,20)/p-1/t10-,11+/m1/s1. The second-order valence-corrected chi connectivity index (χ2v) is 5.90.